The van der Waals surface area contributed by atoms with Crippen molar-refractivity contribution in [2.75, 3.05) is 40.9 Å². The van der Waals surface area contributed by atoms with Crippen molar-refractivity contribution in [3.8, 4) is 0 Å². The molecule has 0 aliphatic heterocycles. The number of hydrogen-bond acceptors (Lipinski definition) is 5. The normalized spacial score (nSPS) is 15.2. The Kier molecular flexibility index (Phi) is 47.3. The number of nitrogens with one attached hydrogen (secondary N) is 1. The van der Waals surface area contributed by atoms with Crippen LogP contribution in [0.25, 0.3) is 0 Å². The average molecular weight is 988 g/mol. The van der Waals surface area contributed by atoms with Crippen LogP contribution < -0.4 is 5.32 Å². The molecule has 394 valence electrons. The zero-order chi connectivity index (χ0) is 51.3. The van der Waals surface area contributed by atoms with E-state index in [9.17, 15) is 19.4 Å². The van der Waals surface area contributed by atoms with Crippen LogP contribution in [0, 0.1) is 0 Å². The Balaban J connectivity index is 4.21. The first-order valence-electron chi connectivity index (χ1n) is 26.9. The number of likely N-dealkylation sites (N-methyl/N-ethyl adjacent to an activating group) is 1. The molecule has 1 amide bonds. The minimum atomic E-state index is -4.36. The minimum Gasteiger partial charge on any atom is -0.387 e. The lowest BCUT2D eigenvalue weighted by molar-refractivity contribution is -0.870. The molecule has 0 saturated heterocycles. The second kappa shape index (κ2) is 50.1. The number of allylic oxidation sites excluding steroid dienone is 25. The van der Waals surface area contributed by atoms with E-state index in [1.54, 1.807) is 6.08 Å². The molecule has 0 saturated carbocycles. The summed E-state index contributed by atoms with van der Waals surface area (Å²) >= 11 is 0. The van der Waals surface area contributed by atoms with E-state index < -0.39 is 20.0 Å². The van der Waals surface area contributed by atoms with Gasteiger partial charge in [0.05, 0.1) is 39.9 Å². The molecule has 0 spiro atoms. The molecule has 0 heterocycles. The molecule has 0 aliphatic carbocycles. The van der Waals surface area contributed by atoms with Gasteiger partial charge in [-0.05, 0) is 109 Å². The van der Waals surface area contributed by atoms with E-state index in [0.717, 1.165) is 109 Å². The molecule has 70 heavy (non-hydrogen) atoms. The largest absolute Gasteiger partial charge is 0.472 e. The molecule has 3 unspecified atom stereocenters. The van der Waals surface area contributed by atoms with Crippen molar-refractivity contribution in [3.63, 3.8) is 0 Å². The molecule has 0 fully saturated rings. The van der Waals surface area contributed by atoms with Gasteiger partial charge in [-0.25, -0.2) is 4.57 Å². The summed E-state index contributed by atoms with van der Waals surface area (Å²) in [6, 6.07) is -0.879. The van der Waals surface area contributed by atoms with Gasteiger partial charge in [0.15, 0.2) is 0 Å². The predicted molar refractivity (Wildman–Crippen MR) is 304 cm³/mol. The minimum absolute atomic E-state index is 0.0437. The van der Waals surface area contributed by atoms with E-state index >= 15 is 0 Å². The summed E-state index contributed by atoms with van der Waals surface area (Å²) in [5, 5.41) is 13.7. The van der Waals surface area contributed by atoms with Crippen molar-refractivity contribution in [1.29, 1.82) is 0 Å². The molecule has 0 rings (SSSR count). The highest BCUT2D eigenvalue weighted by atomic mass is 31.2. The fourth-order valence-electron chi connectivity index (χ4n) is 6.55. The molecule has 0 aromatic heterocycles. The highest BCUT2D eigenvalue weighted by Gasteiger charge is 2.27. The fraction of sp³-hybridized carbons (Fsp3) is 0.557. The zero-order valence-electron chi connectivity index (χ0n) is 44.7. The average Bonchev–Trinajstić information content (AvgIpc) is 3.32. The van der Waals surface area contributed by atoms with Crippen molar-refractivity contribution in [3.05, 3.63) is 158 Å². The maximum Gasteiger partial charge on any atom is 0.472 e. The number of carbonyl (C=O) groups excluding carboxylic acids is 1. The third-order valence-electron chi connectivity index (χ3n) is 10.8. The van der Waals surface area contributed by atoms with E-state index in [1.807, 2.05) is 27.2 Å². The Morgan fingerprint density at radius 3 is 1.26 bits per heavy atom. The Morgan fingerprint density at radius 1 is 0.500 bits per heavy atom. The molecule has 0 aromatic carbocycles. The first-order chi connectivity index (χ1) is 34.0. The number of nitrogens with zero attached hydrogens (tertiary/aromatic N) is 1. The summed E-state index contributed by atoms with van der Waals surface area (Å²) in [5.41, 5.74) is 0. The Morgan fingerprint density at radius 2 is 0.857 bits per heavy atom. The number of amides is 1. The van der Waals surface area contributed by atoms with Crippen LogP contribution in [0.15, 0.2) is 158 Å². The molecule has 3 atom stereocenters. The fourth-order valence-corrected chi connectivity index (χ4v) is 7.28. The van der Waals surface area contributed by atoms with Crippen LogP contribution in [-0.2, 0) is 18.4 Å². The van der Waals surface area contributed by atoms with E-state index in [0.29, 0.717) is 17.4 Å². The summed E-state index contributed by atoms with van der Waals surface area (Å²) < 4.78 is 23.5. The number of unbranched alkanes of at least 4 members (excludes halogenated alkanes) is 9. The number of aliphatic hydroxyl groups is 1. The summed E-state index contributed by atoms with van der Waals surface area (Å²) in [6.45, 7) is 4.59. The van der Waals surface area contributed by atoms with Gasteiger partial charge in [0.1, 0.15) is 13.2 Å². The first-order valence-corrected chi connectivity index (χ1v) is 28.4. The summed E-state index contributed by atoms with van der Waals surface area (Å²) in [5.74, 6) is -0.230. The first kappa shape index (κ1) is 66.1. The highest BCUT2D eigenvalue weighted by Crippen LogP contribution is 2.43. The van der Waals surface area contributed by atoms with E-state index in [4.69, 9.17) is 9.05 Å². The molecular formula is C61H100N2O6P+. The van der Waals surface area contributed by atoms with E-state index in [1.165, 1.54) is 32.1 Å². The van der Waals surface area contributed by atoms with Crippen molar-refractivity contribution in [2.45, 2.75) is 180 Å². The van der Waals surface area contributed by atoms with Gasteiger partial charge in [0.25, 0.3) is 0 Å². The van der Waals surface area contributed by atoms with Gasteiger partial charge < -0.3 is 19.8 Å². The summed E-state index contributed by atoms with van der Waals surface area (Å²) in [6.07, 6.45) is 79.3. The second-order valence-corrected chi connectivity index (χ2v) is 20.0. The lowest BCUT2D eigenvalue weighted by atomic mass is 10.1. The quantitative estimate of drug-likeness (QED) is 0.0243. The molecule has 3 N–H and O–H groups in total. The standard InChI is InChI=1S/C61H99N2O6P/c1-6-8-10-12-14-16-17-18-19-20-21-22-23-24-25-26-27-28-29-30-31-32-33-34-35-36-37-38-39-40-41-42-43-44-45-47-49-51-53-55-61(65)62-59(58-69-70(66,67)68-57-56-63(3,4)5)60(64)54-52-50-48-46-15-13-11-9-7-2/h8,10,14,16,18-19,21-22,24-25,27-28,30-31,33-34,36-37,39-40,42-43,45,47,52,54,59-60,64H,6-7,9,11-13,15,17,20,23,26,29,32,35,38,41,44,46,48-51,53,55-58H2,1-5H3,(H-,62,65,66,67)/p+1/b10-8-,16-14-,19-18-,22-21-,25-24-,28-27-,31-30-,34-33-,37-36-,40-39-,43-42-,47-45-,54-52+. The topological polar surface area (TPSA) is 105 Å². The van der Waals surface area contributed by atoms with Crippen LogP contribution in [-0.4, -0.2) is 73.4 Å². The number of aliphatic hydroxyl groups excluding tert-OH is 1. The molecule has 0 radical (unpaired) electrons. The number of hydrogen-bond donors (Lipinski definition) is 3. The van der Waals surface area contributed by atoms with Crippen molar-refractivity contribution in [1.82, 2.24) is 5.32 Å². The maximum absolute atomic E-state index is 12.9. The Labute approximate surface area is 429 Å². The number of phosphoric ester groups is 1. The monoisotopic (exact) mass is 988 g/mol. The van der Waals surface area contributed by atoms with E-state index in [-0.39, 0.29) is 25.5 Å². The highest BCUT2D eigenvalue weighted by molar-refractivity contribution is 7.47. The van der Waals surface area contributed by atoms with E-state index in [2.05, 4.69) is 165 Å². The molecule has 0 bridgehead atoms. The van der Waals surface area contributed by atoms with Crippen LogP contribution in [0.2, 0.25) is 0 Å². The van der Waals surface area contributed by atoms with Crippen LogP contribution >= 0.6 is 7.82 Å². The van der Waals surface area contributed by atoms with Gasteiger partial charge in [-0.2, -0.15) is 0 Å². The molecule has 8 nitrogen and oxygen atoms in total. The number of quaternary nitrogens is 1. The van der Waals surface area contributed by atoms with Crippen LogP contribution in [0.3, 0.4) is 0 Å². The van der Waals surface area contributed by atoms with Crippen LogP contribution in [0.4, 0.5) is 0 Å². The van der Waals surface area contributed by atoms with Gasteiger partial charge in [0.2, 0.25) is 5.91 Å². The predicted octanol–water partition coefficient (Wildman–Crippen LogP) is 16.3. The van der Waals surface area contributed by atoms with Crippen molar-refractivity contribution < 1.29 is 32.9 Å². The van der Waals surface area contributed by atoms with Gasteiger partial charge in [-0.15, -0.1) is 0 Å². The lowest BCUT2D eigenvalue weighted by Gasteiger charge is -2.25. The number of carbonyl (C=O) groups is 1. The molecule has 0 aliphatic rings. The van der Waals surface area contributed by atoms with Crippen molar-refractivity contribution >= 4 is 13.7 Å². The third kappa shape index (κ3) is 52.0. The SMILES string of the molecule is CC/C=C\C/C=C\C/C=C\C/C=C\C/C=C\C/C=C\C/C=C\C/C=C\C/C=C\C/C=C\C/C=C\C/C=C\CCCCC(=O)NC(COP(=O)(O)OCC[N+](C)(C)C)C(O)/C=C/CCCCCCCCC. The van der Waals surface area contributed by atoms with Crippen LogP contribution in [0.1, 0.15) is 168 Å². The zero-order valence-corrected chi connectivity index (χ0v) is 45.6. The molecular weight excluding hydrogens is 888 g/mol. The van der Waals surface area contributed by atoms with Gasteiger partial charge in [-0.3, -0.25) is 13.8 Å². The smallest absolute Gasteiger partial charge is 0.387 e. The lowest BCUT2D eigenvalue weighted by Crippen LogP contribution is -2.45. The Bertz CT molecular complexity index is 1690. The molecule has 9 heteroatoms. The maximum atomic E-state index is 12.9. The van der Waals surface area contributed by atoms with Crippen LogP contribution in [0.5, 0.6) is 0 Å². The summed E-state index contributed by atoms with van der Waals surface area (Å²) in [7, 11) is 1.51. The third-order valence-corrected chi connectivity index (χ3v) is 11.7. The van der Waals surface area contributed by atoms with Crippen molar-refractivity contribution in [2.24, 2.45) is 0 Å². The van der Waals surface area contributed by atoms with Gasteiger partial charge in [0, 0.05) is 6.42 Å². The van der Waals surface area contributed by atoms with Gasteiger partial charge in [-0.1, -0.05) is 210 Å². The second-order valence-electron chi connectivity index (χ2n) is 18.5. The summed E-state index contributed by atoms with van der Waals surface area (Å²) in [4.78, 5) is 23.1. The number of phosphoric acid groups is 1. The molecule has 0 aromatic rings. The Hall–Kier alpha value is -3.88. The van der Waals surface area contributed by atoms with Gasteiger partial charge >= 0.3 is 7.82 Å². The number of rotatable bonds is 46.